The van der Waals surface area contributed by atoms with Crippen molar-refractivity contribution in [3.63, 3.8) is 0 Å². The molecular formula is C21H20ClN3O3. The SMILES string of the molecule is COc1ccc(CCN2CC3=C(C2=O)[C@@H](c2ccc(Cl)cc2)NC(=O)N3)cc1. The van der Waals surface area contributed by atoms with Gasteiger partial charge in [0, 0.05) is 11.6 Å². The van der Waals surface area contributed by atoms with Crippen LogP contribution < -0.4 is 15.4 Å². The molecule has 2 aromatic carbocycles. The second-order valence-electron chi connectivity index (χ2n) is 6.80. The van der Waals surface area contributed by atoms with E-state index in [1.54, 1.807) is 24.1 Å². The number of benzene rings is 2. The van der Waals surface area contributed by atoms with Crippen molar-refractivity contribution in [2.45, 2.75) is 12.5 Å². The van der Waals surface area contributed by atoms with Gasteiger partial charge in [-0.2, -0.15) is 0 Å². The number of methoxy groups -OCH3 is 1. The molecule has 0 unspecified atom stereocenters. The molecule has 28 heavy (non-hydrogen) atoms. The van der Waals surface area contributed by atoms with Crippen LogP contribution in [0.2, 0.25) is 5.02 Å². The molecule has 2 aliphatic rings. The Labute approximate surface area is 168 Å². The van der Waals surface area contributed by atoms with E-state index in [1.165, 1.54) is 0 Å². The van der Waals surface area contributed by atoms with Crippen molar-refractivity contribution in [3.05, 3.63) is 76.0 Å². The molecule has 4 rings (SSSR count). The molecule has 0 radical (unpaired) electrons. The summed E-state index contributed by atoms with van der Waals surface area (Å²) in [5, 5.41) is 6.24. The quantitative estimate of drug-likeness (QED) is 0.814. The van der Waals surface area contributed by atoms with Crippen LogP contribution in [0.1, 0.15) is 17.2 Å². The lowest BCUT2D eigenvalue weighted by Gasteiger charge is -2.25. The summed E-state index contributed by atoms with van der Waals surface area (Å²) in [7, 11) is 1.63. The number of carbonyl (C=O) groups is 2. The standard InChI is InChI=1S/C21H20ClN3O3/c1-28-16-8-2-13(3-9-16)10-11-25-12-17-18(20(25)26)19(24-21(27)23-17)14-4-6-15(22)7-5-14/h2-9,19H,10-12H2,1H3,(H2,23,24,27)/t19-/m1/s1. The molecule has 0 aromatic heterocycles. The van der Waals surface area contributed by atoms with Gasteiger partial charge in [-0.3, -0.25) is 4.79 Å². The van der Waals surface area contributed by atoms with Gasteiger partial charge in [-0.05, 0) is 41.8 Å². The fraction of sp³-hybridized carbons (Fsp3) is 0.238. The summed E-state index contributed by atoms with van der Waals surface area (Å²) in [6.07, 6.45) is 0.725. The van der Waals surface area contributed by atoms with E-state index < -0.39 is 6.04 Å². The minimum absolute atomic E-state index is 0.0593. The lowest BCUT2D eigenvalue weighted by molar-refractivity contribution is -0.125. The molecule has 7 heteroatoms. The van der Waals surface area contributed by atoms with Crippen molar-refractivity contribution in [2.24, 2.45) is 0 Å². The second-order valence-corrected chi connectivity index (χ2v) is 7.24. The van der Waals surface area contributed by atoms with Crippen molar-refractivity contribution in [1.82, 2.24) is 15.5 Å². The van der Waals surface area contributed by atoms with Gasteiger partial charge < -0.3 is 20.3 Å². The molecule has 0 spiro atoms. The third-order valence-electron chi connectivity index (χ3n) is 5.05. The van der Waals surface area contributed by atoms with Gasteiger partial charge in [-0.25, -0.2) is 4.79 Å². The van der Waals surface area contributed by atoms with E-state index in [4.69, 9.17) is 16.3 Å². The molecule has 6 nitrogen and oxygen atoms in total. The van der Waals surface area contributed by atoms with E-state index in [-0.39, 0.29) is 11.9 Å². The van der Waals surface area contributed by atoms with Gasteiger partial charge in [0.1, 0.15) is 5.75 Å². The number of carbonyl (C=O) groups excluding carboxylic acids is 2. The largest absolute Gasteiger partial charge is 0.497 e. The highest BCUT2D eigenvalue weighted by Gasteiger charge is 2.40. The average molecular weight is 398 g/mol. The van der Waals surface area contributed by atoms with Crippen LogP contribution in [0, 0.1) is 0 Å². The molecule has 2 N–H and O–H groups in total. The maximum atomic E-state index is 13.0. The minimum Gasteiger partial charge on any atom is -0.497 e. The zero-order valence-electron chi connectivity index (χ0n) is 15.4. The van der Waals surface area contributed by atoms with E-state index >= 15 is 0 Å². The summed E-state index contributed by atoms with van der Waals surface area (Å²) in [6.45, 7) is 0.975. The van der Waals surface area contributed by atoms with Gasteiger partial charge in [0.25, 0.3) is 5.91 Å². The molecule has 0 saturated carbocycles. The Morgan fingerprint density at radius 1 is 1.11 bits per heavy atom. The van der Waals surface area contributed by atoms with Crippen molar-refractivity contribution in [3.8, 4) is 5.75 Å². The molecule has 2 heterocycles. The summed E-state index contributed by atoms with van der Waals surface area (Å²) >= 11 is 5.97. The average Bonchev–Trinajstić information content (AvgIpc) is 3.02. The Hall–Kier alpha value is -2.99. The Kier molecular flexibility index (Phi) is 4.96. The van der Waals surface area contributed by atoms with E-state index in [0.29, 0.717) is 29.4 Å². The Bertz CT molecular complexity index is 938. The van der Waals surface area contributed by atoms with E-state index in [1.807, 2.05) is 36.4 Å². The van der Waals surface area contributed by atoms with Gasteiger partial charge in [-0.1, -0.05) is 35.9 Å². The van der Waals surface area contributed by atoms with Crippen LogP contribution in [-0.2, 0) is 11.2 Å². The van der Waals surface area contributed by atoms with E-state index in [0.717, 1.165) is 23.3 Å². The first kappa shape index (κ1) is 18.4. The topological polar surface area (TPSA) is 70.7 Å². The molecule has 0 aliphatic carbocycles. The number of nitrogens with zero attached hydrogens (tertiary/aromatic N) is 1. The number of halogens is 1. The first-order chi connectivity index (χ1) is 13.5. The van der Waals surface area contributed by atoms with Crippen LogP contribution in [0.4, 0.5) is 4.79 Å². The maximum absolute atomic E-state index is 13.0. The maximum Gasteiger partial charge on any atom is 0.319 e. The van der Waals surface area contributed by atoms with Crippen LogP contribution in [0.25, 0.3) is 0 Å². The molecule has 2 aliphatic heterocycles. The lowest BCUT2D eigenvalue weighted by atomic mass is 9.96. The Balaban J connectivity index is 1.50. The summed E-state index contributed by atoms with van der Waals surface area (Å²) in [6, 6.07) is 14.2. The highest BCUT2D eigenvalue weighted by atomic mass is 35.5. The first-order valence-electron chi connectivity index (χ1n) is 9.03. The smallest absolute Gasteiger partial charge is 0.319 e. The van der Waals surface area contributed by atoms with Gasteiger partial charge in [0.15, 0.2) is 0 Å². The molecule has 144 valence electrons. The molecule has 3 amide bonds. The van der Waals surface area contributed by atoms with E-state index in [2.05, 4.69) is 10.6 Å². The highest BCUT2D eigenvalue weighted by molar-refractivity contribution is 6.30. The Morgan fingerprint density at radius 3 is 2.50 bits per heavy atom. The number of hydrogen-bond donors (Lipinski definition) is 2. The van der Waals surface area contributed by atoms with Crippen molar-refractivity contribution < 1.29 is 14.3 Å². The number of amides is 3. The van der Waals surface area contributed by atoms with E-state index in [9.17, 15) is 9.59 Å². The third-order valence-corrected chi connectivity index (χ3v) is 5.31. The number of rotatable bonds is 5. The molecule has 0 bridgehead atoms. The van der Waals surface area contributed by atoms with Crippen LogP contribution in [0.15, 0.2) is 59.8 Å². The monoisotopic (exact) mass is 397 g/mol. The second kappa shape index (κ2) is 7.56. The summed E-state index contributed by atoms with van der Waals surface area (Å²) in [5.41, 5.74) is 3.21. The zero-order chi connectivity index (χ0) is 19.7. The molecule has 2 aromatic rings. The van der Waals surface area contributed by atoms with Crippen LogP contribution in [0.3, 0.4) is 0 Å². The highest BCUT2D eigenvalue weighted by Crippen LogP contribution is 2.33. The summed E-state index contributed by atoms with van der Waals surface area (Å²) in [5.74, 6) is 0.744. The van der Waals surface area contributed by atoms with Crippen LogP contribution in [-0.4, -0.2) is 37.0 Å². The molecular weight excluding hydrogens is 378 g/mol. The summed E-state index contributed by atoms with van der Waals surface area (Å²) < 4.78 is 5.17. The fourth-order valence-corrected chi connectivity index (χ4v) is 3.70. The molecule has 0 saturated heterocycles. The van der Waals surface area contributed by atoms with Gasteiger partial charge in [-0.15, -0.1) is 0 Å². The number of hydrogen-bond acceptors (Lipinski definition) is 3. The minimum atomic E-state index is -0.473. The predicted molar refractivity (Wildman–Crippen MR) is 106 cm³/mol. The summed E-state index contributed by atoms with van der Waals surface area (Å²) in [4.78, 5) is 26.9. The van der Waals surface area contributed by atoms with Crippen molar-refractivity contribution >= 4 is 23.5 Å². The van der Waals surface area contributed by atoms with Gasteiger partial charge in [0.05, 0.1) is 31.0 Å². The Morgan fingerprint density at radius 2 is 1.82 bits per heavy atom. The van der Waals surface area contributed by atoms with Crippen molar-refractivity contribution in [2.75, 3.05) is 20.2 Å². The fourth-order valence-electron chi connectivity index (χ4n) is 3.57. The zero-order valence-corrected chi connectivity index (χ0v) is 16.1. The number of nitrogens with one attached hydrogen (secondary N) is 2. The van der Waals surface area contributed by atoms with Gasteiger partial charge >= 0.3 is 6.03 Å². The predicted octanol–water partition coefficient (Wildman–Crippen LogP) is 3.04. The normalized spacial score (nSPS) is 18.6. The molecule has 0 fully saturated rings. The van der Waals surface area contributed by atoms with Crippen LogP contribution in [0.5, 0.6) is 5.75 Å². The third kappa shape index (κ3) is 3.55. The number of urea groups is 1. The van der Waals surface area contributed by atoms with Crippen LogP contribution >= 0.6 is 11.6 Å². The first-order valence-corrected chi connectivity index (χ1v) is 9.41. The number of ether oxygens (including phenoxy) is 1. The lowest BCUT2D eigenvalue weighted by Crippen LogP contribution is -2.44. The molecule has 1 atom stereocenters. The van der Waals surface area contributed by atoms with Crippen molar-refractivity contribution in [1.29, 1.82) is 0 Å². The van der Waals surface area contributed by atoms with Gasteiger partial charge in [0.2, 0.25) is 0 Å².